The van der Waals surface area contributed by atoms with Crippen LogP contribution in [0.25, 0.3) is 0 Å². The molecule has 1 fully saturated rings. The maximum absolute atomic E-state index is 13.2. The Morgan fingerprint density at radius 1 is 1.29 bits per heavy atom. The number of nitrogens with zero attached hydrogens (tertiary/aromatic N) is 3. The van der Waals surface area contributed by atoms with Crippen LogP contribution in [0.5, 0.6) is 0 Å². The third kappa shape index (κ3) is 3.96. The zero-order valence-electron chi connectivity index (χ0n) is 17.1. The topological polar surface area (TPSA) is 48.5 Å². The fraction of sp³-hybridized carbons (Fsp3) is 0.478. The lowest BCUT2D eigenvalue weighted by Gasteiger charge is -2.32. The number of aromatic nitrogens is 1. The SMILES string of the molecule is C[C@@H]1CN(CC(=O)N2CC(C)(C)c3cnc(Cc4ccccc4)cc32)CCN1. The van der Waals surface area contributed by atoms with Crippen molar-refractivity contribution in [2.45, 2.75) is 38.6 Å². The summed E-state index contributed by atoms with van der Waals surface area (Å²) in [6, 6.07) is 12.9. The highest BCUT2D eigenvalue weighted by Gasteiger charge is 2.39. The summed E-state index contributed by atoms with van der Waals surface area (Å²) < 4.78 is 0. The molecule has 1 amide bonds. The Labute approximate surface area is 167 Å². The van der Waals surface area contributed by atoms with Crippen LogP contribution in [0.15, 0.2) is 42.6 Å². The molecule has 0 bridgehead atoms. The molecule has 5 nitrogen and oxygen atoms in total. The molecule has 1 aromatic carbocycles. The Kier molecular flexibility index (Phi) is 5.21. The largest absolute Gasteiger partial charge is 0.312 e. The van der Waals surface area contributed by atoms with Gasteiger partial charge >= 0.3 is 0 Å². The van der Waals surface area contributed by atoms with Crippen LogP contribution in [0, 0.1) is 0 Å². The van der Waals surface area contributed by atoms with Gasteiger partial charge in [0.25, 0.3) is 0 Å². The number of piperazine rings is 1. The maximum Gasteiger partial charge on any atom is 0.241 e. The van der Waals surface area contributed by atoms with Gasteiger partial charge in [0.2, 0.25) is 5.91 Å². The van der Waals surface area contributed by atoms with E-state index in [1.54, 1.807) is 0 Å². The van der Waals surface area contributed by atoms with Gasteiger partial charge in [-0.05, 0) is 18.6 Å². The molecule has 5 heteroatoms. The number of carbonyl (C=O) groups is 1. The number of carbonyl (C=O) groups excluding carboxylic acids is 1. The van der Waals surface area contributed by atoms with E-state index in [9.17, 15) is 4.79 Å². The zero-order valence-corrected chi connectivity index (χ0v) is 17.1. The van der Waals surface area contributed by atoms with Crippen LogP contribution in [-0.2, 0) is 16.6 Å². The summed E-state index contributed by atoms with van der Waals surface area (Å²) in [4.78, 5) is 22.1. The molecule has 1 saturated heterocycles. The van der Waals surface area contributed by atoms with Crippen molar-refractivity contribution < 1.29 is 4.79 Å². The monoisotopic (exact) mass is 378 g/mol. The lowest BCUT2D eigenvalue weighted by atomic mass is 9.88. The molecular weight excluding hydrogens is 348 g/mol. The van der Waals surface area contributed by atoms with Crippen molar-refractivity contribution in [2.75, 3.05) is 37.6 Å². The molecule has 0 saturated carbocycles. The van der Waals surface area contributed by atoms with Crippen LogP contribution in [0.1, 0.15) is 37.6 Å². The van der Waals surface area contributed by atoms with Crippen LogP contribution in [0.3, 0.4) is 0 Å². The van der Waals surface area contributed by atoms with Crippen LogP contribution in [0.4, 0.5) is 5.69 Å². The first-order valence-corrected chi connectivity index (χ1v) is 10.2. The average Bonchev–Trinajstić information content (AvgIpc) is 2.93. The number of amides is 1. The molecule has 2 aliphatic rings. The van der Waals surface area contributed by atoms with Crippen LogP contribution >= 0.6 is 0 Å². The number of benzene rings is 1. The van der Waals surface area contributed by atoms with Crippen molar-refractivity contribution in [3.8, 4) is 0 Å². The number of pyridine rings is 1. The predicted octanol–water partition coefficient (Wildman–Crippen LogP) is 2.59. The molecule has 1 aromatic heterocycles. The van der Waals surface area contributed by atoms with Crippen molar-refractivity contribution in [1.82, 2.24) is 15.2 Å². The van der Waals surface area contributed by atoms with Gasteiger partial charge in [0.15, 0.2) is 0 Å². The Morgan fingerprint density at radius 2 is 2.07 bits per heavy atom. The summed E-state index contributed by atoms with van der Waals surface area (Å²) in [5, 5.41) is 3.44. The van der Waals surface area contributed by atoms with E-state index < -0.39 is 0 Å². The van der Waals surface area contributed by atoms with Gasteiger partial charge in [0.05, 0.1) is 12.2 Å². The highest BCUT2D eigenvalue weighted by atomic mass is 16.2. The summed E-state index contributed by atoms with van der Waals surface area (Å²) in [6.45, 7) is 10.6. The standard InChI is InChI=1S/C23H30N4O/c1-17-14-26(10-9-24-17)15-22(28)27-16-23(2,3)20-13-25-19(12-21(20)27)11-18-7-5-4-6-8-18/h4-8,12-13,17,24H,9-11,14-16H2,1-3H3/t17-/m1/s1. The van der Waals surface area contributed by atoms with E-state index >= 15 is 0 Å². The minimum atomic E-state index is -0.0694. The Morgan fingerprint density at radius 3 is 2.82 bits per heavy atom. The second-order valence-electron chi connectivity index (χ2n) is 8.81. The fourth-order valence-electron chi connectivity index (χ4n) is 4.35. The summed E-state index contributed by atoms with van der Waals surface area (Å²) in [7, 11) is 0. The average molecular weight is 379 g/mol. The van der Waals surface area contributed by atoms with Crippen molar-refractivity contribution in [3.05, 3.63) is 59.4 Å². The highest BCUT2D eigenvalue weighted by Crippen LogP contribution is 2.40. The molecular formula is C23H30N4O. The normalized spacial score (nSPS) is 21.5. The molecule has 0 unspecified atom stereocenters. The number of hydrogen-bond acceptors (Lipinski definition) is 4. The molecule has 1 N–H and O–H groups in total. The Bertz CT molecular complexity index is 849. The van der Waals surface area contributed by atoms with E-state index in [-0.39, 0.29) is 11.3 Å². The minimum Gasteiger partial charge on any atom is -0.312 e. The van der Waals surface area contributed by atoms with E-state index in [0.717, 1.165) is 44.0 Å². The summed E-state index contributed by atoms with van der Waals surface area (Å²) >= 11 is 0. The van der Waals surface area contributed by atoms with Gasteiger partial charge in [-0.1, -0.05) is 44.2 Å². The first kappa shape index (κ1) is 19.1. The Hall–Kier alpha value is -2.24. The van der Waals surface area contributed by atoms with Crippen LogP contribution in [0.2, 0.25) is 0 Å². The summed E-state index contributed by atoms with van der Waals surface area (Å²) in [5.41, 5.74) is 4.39. The van der Waals surface area contributed by atoms with Gasteiger partial charge in [-0.3, -0.25) is 14.7 Å². The van der Waals surface area contributed by atoms with E-state index in [4.69, 9.17) is 4.98 Å². The van der Waals surface area contributed by atoms with Gasteiger partial charge in [-0.25, -0.2) is 0 Å². The summed E-state index contributed by atoms with van der Waals surface area (Å²) in [6.07, 6.45) is 2.76. The number of hydrogen-bond donors (Lipinski definition) is 1. The molecule has 0 spiro atoms. The van der Waals surface area contributed by atoms with E-state index in [2.05, 4.69) is 61.3 Å². The third-order valence-corrected chi connectivity index (χ3v) is 5.85. The Balaban J connectivity index is 1.55. The first-order chi connectivity index (χ1) is 13.4. The van der Waals surface area contributed by atoms with E-state index in [0.29, 0.717) is 12.6 Å². The zero-order chi connectivity index (χ0) is 19.7. The number of fused-ring (bicyclic) bond motifs is 1. The maximum atomic E-state index is 13.2. The highest BCUT2D eigenvalue weighted by molar-refractivity contribution is 5.97. The fourth-order valence-corrected chi connectivity index (χ4v) is 4.35. The molecule has 28 heavy (non-hydrogen) atoms. The predicted molar refractivity (Wildman–Crippen MR) is 113 cm³/mol. The molecule has 4 rings (SSSR count). The van der Waals surface area contributed by atoms with Crippen molar-refractivity contribution >= 4 is 11.6 Å². The third-order valence-electron chi connectivity index (χ3n) is 5.85. The van der Waals surface area contributed by atoms with E-state index in [1.165, 1.54) is 11.1 Å². The lowest BCUT2D eigenvalue weighted by Crippen LogP contribution is -2.52. The number of rotatable bonds is 4. The molecule has 0 aliphatic carbocycles. The van der Waals surface area contributed by atoms with E-state index in [1.807, 2.05) is 17.2 Å². The second kappa shape index (κ2) is 7.64. The molecule has 2 aliphatic heterocycles. The number of anilines is 1. The smallest absolute Gasteiger partial charge is 0.241 e. The van der Waals surface area contributed by atoms with Crippen molar-refractivity contribution in [1.29, 1.82) is 0 Å². The van der Waals surface area contributed by atoms with Gasteiger partial charge in [0.1, 0.15) is 0 Å². The molecule has 2 aromatic rings. The number of nitrogens with one attached hydrogen (secondary N) is 1. The van der Waals surface area contributed by atoms with Gasteiger partial charge in [-0.2, -0.15) is 0 Å². The van der Waals surface area contributed by atoms with Crippen LogP contribution < -0.4 is 10.2 Å². The van der Waals surface area contributed by atoms with Gasteiger partial charge < -0.3 is 10.2 Å². The van der Waals surface area contributed by atoms with Crippen LogP contribution in [-0.4, -0.2) is 54.6 Å². The molecule has 1 atom stereocenters. The quantitative estimate of drug-likeness (QED) is 0.888. The molecule has 148 valence electrons. The van der Waals surface area contributed by atoms with Crippen molar-refractivity contribution in [2.24, 2.45) is 0 Å². The first-order valence-electron chi connectivity index (χ1n) is 10.2. The molecule has 0 radical (unpaired) electrons. The second-order valence-corrected chi connectivity index (χ2v) is 8.81. The van der Waals surface area contributed by atoms with Gasteiger partial charge in [-0.15, -0.1) is 0 Å². The molecule has 3 heterocycles. The van der Waals surface area contributed by atoms with Crippen molar-refractivity contribution in [3.63, 3.8) is 0 Å². The summed E-state index contributed by atoms with van der Waals surface area (Å²) in [5.74, 6) is 0.192. The minimum absolute atomic E-state index is 0.0694. The lowest BCUT2D eigenvalue weighted by molar-refractivity contribution is -0.120. The van der Waals surface area contributed by atoms with Gasteiger partial charge in [0, 0.05) is 61.5 Å².